The van der Waals surface area contributed by atoms with Crippen LogP contribution in [0.1, 0.15) is 36.9 Å². The van der Waals surface area contributed by atoms with Crippen molar-refractivity contribution in [1.82, 2.24) is 0 Å². The van der Waals surface area contributed by atoms with E-state index in [9.17, 15) is 4.79 Å². The predicted molar refractivity (Wildman–Crippen MR) is 68.4 cm³/mol. The first kappa shape index (κ1) is 12.9. The number of nitrogens with two attached hydrogens (primary N) is 1. The number of esters is 1. The number of carbonyl (C=O) groups excluding carboxylic acids is 1. The fraction of sp³-hybridized carbons (Fsp3) is 0.500. The average molecular weight is 249 g/mol. The van der Waals surface area contributed by atoms with Crippen LogP contribution in [0.15, 0.2) is 18.2 Å². The molecule has 0 aliphatic carbocycles. The number of carbonyl (C=O) groups is 1. The minimum absolute atomic E-state index is 0.125. The summed E-state index contributed by atoms with van der Waals surface area (Å²) in [7, 11) is 0. The van der Waals surface area contributed by atoms with E-state index in [1.54, 1.807) is 6.92 Å². The van der Waals surface area contributed by atoms with Crippen LogP contribution in [0, 0.1) is 0 Å². The van der Waals surface area contributed by atoms with Gasteiger partial charge in [-0.05, 0) is 30.5 Å². The minimum atomic E-state index is -0.183. The summed E-state index contributed by atoms with van der Waals surface area (Å²) in [6, 6.07) is 5.89. The molecule has 1 aromatic rings. The molecular formula is C14H19NO3. The molecule has 0 amide bonds. The third-order valence-corrected chi connectivity index (χ3v) is 3.11. The maximum atomic E-state index is 11.3. The van der Waals surface area contributed by atoms with Gasteiger partial charge in [0.1, 0.15) is 5.75 Å². The molecule has 0 bridgehead atoms. The smallest absolute Gasteiger partial charge is 0.305 e. The number of hydrogen-bond donors (Lipinski definition) is 1. The number of ether oxygens (including phenoxy) is 2. The highest BCUT2D eigenvalue weighted by molar-refractivity contribution is 5.69. The van der Waals surface area contributed by atoms with Crippen LogP contribution in [0.2, 0.25) is 0 Å². The van der Waals surface area contributed by atoms with Gasteiger partial charge < -0.3 is 15.2 Å². The average Bonchev–Trinajstić information content (AvgIpc) is 2.83. The van der Waals surface area contributed by atoms with E-state index in [0.29, 0.717) is 19.4 Å². The third-order valence-electron chi connectivity index (χ3n) is 3.11. The molecule has 1 aliphatic rings. The second-order valence-electron chi connectivity index (χ2n) is 4.42. The first-order chi connectivity index (χ1) is 8.70. The van der Waals surface area contributed by atoms with E-state index >= 15 is 0 Å². The van der Waals surface area contributed by atoms with Gasteiger partial charge in [-0.1, -0.05) is 12.1 Å². The molecule has 0 spiro atoms. The molecule has 0 saturated heterocycles. The summed E-state index contributed by atoms with van der Waals surface area (Å²) in [5.74, 6) is 0.772. The van der Waals surface area contributed by atoms with Crippen molar-refractivity contribution in [2.45, 2.75) is 32.2 Å². The van der Waals surface area contributed by atoms with Crippen molar-refractivity contribution in [2.24, 2.45) is 5.73 Å². The molecule has 4 nitrogen and oxygen atoms in total. The predicted octanol–water partition coefficient (Wildman–Crippen LogP) is 1.96. The fourth-order valence-corrected chi connectivity index (χ4v) is 2.11. The second-order valence-corrected chi connectivity index (χ2v) is 4.42. The lowest BCUT2D eigenvalue weighted by molar-refractivity contribution is -0.143. The zero-order valence-electron chi connectivity index (χ0n) is 10.6. The van der Waals surface area contributed by atoms with Gasteiger partial charge in [0.25, 0.3) is 0 Å². The molecule has 1 heterocycles. The van der Waals surface area contributed by atoms with Crippen molar-refractivity contribution < 1.29 is 14.3 Å². The fourth-order valence-electron chi connectivity index (χ4n) is 2.11. The lowest BCUT2D eigenvalue weighted by Gasteiger charge is -2.12. The van der Waals surface area contributed by atoms with E-state index in [2.05, 4.69) is 6.07 Å². The molecule has 0 radical (unpaired) electrons. The molecular weight excluding hydrogens is 230 g/mol. The van der Waals surface area contributed by atoms with Crippen LogP contribution in [-0.2, 0) is 16.0 Å². The molecule has 0 fully saturated rings. The molecule has 1 aromatic carbocycles. The molecule has 98 valence electrons. The van der Waals surface area contributed by atoms with Crippen molar-refractivity contribution in [3.63, 3.8) is 0 Å². The van der Waals surface area contributed by atoms with Crippen LogP contribution in [-0.4, -0.2) is 19.2 Å². The lowest BCUT2D eigenvalue weighted by atomic mass is 10.00. The number of hydrogen-bond acceptors (Lipinski definition) is 4. The van der Waals surface area contributed by atoms with Crippen LogP contribution in [0.4, 0.5) is 0 Å². The molecule has 18 heavy (non-hydrogen) atoms. The normalized spacial score (nSPS) is 14.8. The van der Waals surface area contributed by atoms with E-state index in [0.717, 1.165) is 24.3 Å². The Hall–Kier alpha value is -1.55. The Morgan fingerprint density at radius 3 is 3.17 bits per heavy atom. The number of fused-ring (bicyclic) bond motifs is 1. The summed E-state index contributed by atoms with van der Waals surface area (Å²) in [6.07, 6.45) is 1.91. The molecule has 0 saturated carbocycles. The lowest BCUT2D eigenvalue weighted by Crippen LogP contribution is -2.13. The first-order valence-corrected chi connectivity index (χ1v) is 6.37. The topological polar surface area (TPSA) is 61.5 Å². The van der Waals surface area contributed by atoms with E-state index in [-0.39, 0.29) is 12.0 Å². The minimum Gasteiger partial charge on any atom is -0.493 e. The molecule has 0 aromatic heterocycles. The van der Waals surface area contributed by atoms with Crippen molar-refractivity contribution >= 4 is 5.97 Å². The Kier molecular flexibility index (Phi) is 4.20. The summed E-state index contributed by atoms with van der Waals surface area (Å²) < 4.78 is 10.3. The van der Waals surface area contributed by atoms with Gasteiger partial charge in [0.15, 0.2) is 0 Å². The largest absolute Gasteiger partial charge is 0.493 e. The molecule has 4 heteroatoms. The van der Waals surface area contributed by atoms with Gasteiger partial charge in [-0.15, -0.1) is 0 Å². The van der Waals surface area contributed by atoms with Gasteiger partial charge in [0.05, 0.1) is 13.2 Å². The monoisotopic (exact) mass is 249 g/mol. The van der Waals surface area contributed by atoms with Crippen molar-refractivity contribution in [1.29, 1.82) is 0 Å². The Balaban J connectivity index is 1.92. The van der Waals surface area contributed by atoms with Gasteiger partial charge in [-0.3, -0.25) is 4.79 Å². The highest BCUT2D eigenvalue weighted by Crippen LogP contribution is 2.28. The first-order valence-electron chi connectivity index (χ1n) is 6.37. The molecule has 1 atom stereocenters. The van der Waals surface area contributed by atoms with Crippen molar-refractivity contribution in [3.05, 3.63) is 29.3 Å². The quantitative estimate of drug-likeness (QED) is 0.810. The summed E-state index contributed by atoms with van der Waals surface area (Å²) in [5, 5.41) is 0. The van der Waals surface area contributed by atoms with Crippen LogP contribution in [0.5, 0.6) is 5.75 Å². The van der Waals surface area contributed by atoms with Crippen LogP contribution >= 0.6 is 0 Å². The second kappa shape index (κ2) is 5.87. The summed E-state index contributed by atoms with van der Waals surface area (Å²) in [5.41, 5.74) is 8.35. The summed E-state index contributed by atoms with van der Waals surface area (Å²) in [6.45, 7) is 2.97. The van der Waals surface area contributed by atoms with Gasteiger partial charge in [0, 0.05) is 18.9 Å². The summed E-state index contributed by atoms with van der Waals surface area (Å²) in [4.78, 5) is 11.3. The molecule has 1 aliphatic heterocycles. The van der Waals surface area contributed by atoms with Gasteiger partial charge in [-0.25, -0.2) is 0 Å². The van der Waals surface area contributed by atoms with E-state index in [4.69, 9.17) is 15.2 Å². The molecule has 2 rings (SSSR count). The highest BCUT2D eigenvalue weighted by Gasteiger charge is 2.15. The Labute approximate surface area is 107 Å². The number of rotatable bonds is 5. The summed E-state index contributed by atoms with van der Waals surface area (Å²) >= 11 is 0. The molecule has 2 N–H and O–H groups in total. The molecule has 1 unspecified atom stereocenters. The zero-order valence-corrected chi connectivity index (χ0v) is 10.6. The van der Waals surface area contributed by atoms with Crippen molar-refractivity contribution in [3.8, 4) is 5.75 Å². The standard InChI is InChI=1S/C14H19NO3/c1-2-17-14(16)6-4-12(15)10-3-5-13-11(9-10)7-8-18-13/h3,5,9,12H,2,4,6-8,15H2,1H3. The van der Waals surface area contributed by atoms with Crippen LogP contribution in [0.25, 0.3) is 0 Å². The van der Waals surface area contributed by atoms with E-state index in [1.165, 1.54) is 5.56 Å². The number of benzene rings is 1. The zero-order chi connectivity index (χ0) is 13.0. The Morgan fingerprint density at radius 1 is 1.56 bits per heavy atom. The van der Waals surface area contributed by atoms with Gasteiger partial charge >= 0.3 is 5.97 Å². The Morgan fingerprint density at radius 2 is 2.39 bits per heavy atom. The van der Waals surface area contributed by atoms with Crippen LogP contribution < -0.4 is 10.5 Å². The van der Waals surface area contributed by atoms with E-state index < -0.39 is 0 Å². The Bertz CT molecular complexity index is 431. The van der Waals surface area contributed by atoms with Crippen molar-refractivity contribution in [2.75, 3.05) is 13.2 Å². The SMILES string of the molecule is CCOC(=O)CCC(N)c1ccc2c(c1)CCO2. The third kappa shape index (κ3) is 3.01. The maximum Gasteiger partial charge on any atom is 0.305 e. The van der Waals surface area contributed by atoms with E-state index in [1.807, 2.05) is 12.1 Å². The highest BCUT2D eigenvalue weighted by atomic mass is 16.5. The maximum absolute atomic E-state index is 11.3. The van der Waals surface area contributed by atoms with Gasteiger partial charge in [-0.2, -0.15) is 0 Å². The van der Waals surface area contributed by atoms with Crippen LogP contribution in [0.3, 0.4) is 0 Å². The van der Waals surface area contributed by atoms with Gasteiger partial charge in [0.2, 0.25) is 0 Å².